The molecule has 1 amide bonds. The van der Waals surface area contributed by atoms with Crippen LogP contribution in [0.25, 0.3) is 5.76 Å². The van der Waals surface area contributed by atoms with Crippen LogP contribution < -0.4 is 4.74 Å². The number of hydrogen-bond acceptors (Lipinski definition) is 6. The summed E-state index contributed by atoms with van der Waals surface area (Å²) in [6.45, 7) is 4.52. The number of ketones is 1. The van der Waals surface area contributed by atoms with Gasteiger partial charge in [0, 0.05) is 25.8 Å². The maximum absolute atomic E-state index is 13.1. The van der Waals surface area contributed by atoms with Crippen LogP contribution in [0.3, 0.4) is 0 Å². The number of aromatic nitrogens is 2. The summed E-state index contributed by atoms with van der Waals surface area (Å²) in [6, 6.07) is 6.51. The molecule has 0 radical (unpaired) electrons. The van der Waals surface area contributed by atoms with Gasteiger partial charge < -0.3 is 19.6 Å². The molecule has 30 heavy (non-hydrogen) atoms. The van der Waals surface area contributed by atoms with Gasteiger partial charge in [-0.3, -0.25) is 14.3 Å². The molecule has 2 aromatic rings. The molecule has 160 valence electrons. The number of amides is 1. The lowest BCUT2D eigenvalue weighted by Gasteiger charge is -2.26. The van der Waals surface area contributed by atoms with E-state index in [0.29, 0.717) is 41.4 Å². The molecule has 1 fully saturated rings. The maximum Gasteiger partial charge on any atom is 0.295 e. The van der Waals surface area contributed by atoms with Crippen molar-refractivity contribution in [2.24, 2.45) is 7.05 Å². The number of Topliss-reactive ketones (excluding diaryl/α,β-unsaturated/α-hetero) is 1. The number of aliphatic hydroxyl groups is 1. The Hall–Kier alpha value is -3.13. The summed E-state index contributed by atoms with van der Waals surface area (Å²) in [6.07, 6.45) is 0. The molecule has 3 rings (SSSR count). The van der Waals surface area contributed by atoms with E-state index < -0.39 is 17.7 Å². The molecule has 0 bridgehead atoms. The Kier molecular flexibility index (Phi) is 5.98. The van der Waals surface area contributed by atoms with E-state index in [0.717, 1.165) is 0 Å². The zero-order chi connectivity index (χ0) is 22.2. The van der Waals surface area contributed by atoms with Gasteiger partial charge in [-0.2, -0.15) is 5.10 Å². The normalized spacial score (nSPS) is 18.5. The smallest absolute Gasteiger partial charge is 0.295 e. The molecular formula is C22H28N4O4. The number of carbonyl (C=O) groups is 2. The van der Waals surface area contributed by atoms with Crippen molar-refractivity contribution in [2.75, 3.05) is 34.3 Å². The van der Waals surface area contributed by atoms with Crippen molar-refractivity contribution in [2.45, 2.75) is 19.9 Å². The van der Waals surface area contributed by atoms with E-state index in [1.54, 1.807) is 44.0 Å². The van der Waals surface area contributed by atoms with Crippen LogP contribution in [0.4, 0.5) is 0 Å². The zero-order valence-corrected chi connectivity index (χ0v) is 18.3. The highest BCUT2D eigenvalue weighted by Crippen LogP contribution is 2.40. The van der Waals surface area contributed by atoms with Gasteiger partial charge in [-0.15, -0.1) is 0 Å². The minimum Gasteiger partial charge on any atom is -0.507 e. The second kappa shape index (κ2) is 8.31. The van der Waals surface area contributed by atoms with Gasteiger partial charge in [0.05, 0.1) is 30.0 Å². The number of rotatable bonds is 6. The van der Waals surface area contributed by atoms with E-state index in [9.17, 15) is 14.7 Å². The van der Waals surface area contributed by atoms with Gasteiger partial charge in [0.25, 0.3) is 11.7 Å². The second-order valence-electron chi connectivity index (χ2n) is 7.74. The molecule has 2 heterocycles. The summed E-state index contributed by atoms with van der Waals surface area (Å²) < 4.78 is 6.98. The summed E-state index contributed by atoms with van der Waals surface area (Å²) in [4.78, 5) is 29.5. The molecule has 1 aromatic carbocycles. The lowest BCUT2D eigenvalue weighted by molar-refractivity contribution is -0.140. The van der Waals surface area contributed by atoms with E-state index in [-0.39, 0.29) is 11.3 Å². The van der Waals surface area contributed by atoms with Crippen molar-refractivity contribution in [3.05, 3.63) is 52.4 Å². The first-order chi connectivity index (χ1) is 14.2. The molecule has 0 aliphatic carbocycles. The number of carbonyl (C=O) groups excluding carboxylic acids is 2. The van der Waals surface area contributed by atoms with E-state index in [2.05, 4.69) is 5.10 Å². The fraction of sp³-hybridized carbons (Fsp3) is 0.409. The standard InChI is InChI=1S/C22H28N4O4/c1-13-17(14(2)25(5)23-13)20(27)18-19(15-8-7-9-16(12-15)30-6)26(11-10-24(3)4)22(29)21(18)28/h7-9,12,19,27H,10-11H2,1-6H3/t19-/m0/s1. The summed E-state index contributed by atoms with van der Waals surface area (Å²) >= 11 is 0. The molecule has 1 aliphatic heterocycles. The molecule has 1 atom stereocenters. The minimum atomic E-state index is -0.709. The Morgan fingerprint density at radius 1 is 1.27 bits per heavy atom. The third-order valence-corrected chi connectivity index (χ3v) is 5.48. The van der Waals surface area contributed by atoms with Crippen molar-refractivity contribution < 1.29 is 19.4 Å². The van der Waals surface area contributed by atoms with Crippen LogP contribution in [-0.2, 0) is 16.6 Å². The third-order valence-electron chi connectivity index (χ3n) is 5.48. The summed E-state index contributed by atoms with van der Waals surface area (Å²) in [5.74, 6) is -0.900. The molecule has 1 saturated heterocycles. The number of aryl methyl sites for hydroxylation is 2. The Bertz CT molecular complexity index is 1020. The molecule has 1 aromatic heterocycles. The Morgan fingerprint density at radius 2 is 1.97 bits per heavy atom. The van der Waals surface area contributed by atoms with Crippen LogP contribution in [0.2, 0.25) is 0 Å². The fourth-order valence-electron chi connectivity index (χ4n) is 3.83. The highest BCUT2D eigenvalue weighted by Gasteiger charge is 2.46. The monoisotopic (exact) mass is 412 g/mol. The first kappa shape index (κ1) is 21.6. The van der Waals surface area contributed by atoms with Gasteiger partial charge in [0.15, 0.2) is 0 Å². The van der Waals surface area contributed by atoms with Crippen LogP contribution >= 0.6 is 0 Å². The van der Waals surface area contributed by atoms with Gasteiger partial charge in [-0.05, 0) is 45.6 Å². The maximum atomic E-state index is 13.1. The summed E-state index contributed by atoms with van der Waals surface area (Å²) in [7, 11) is 7.14. The summed E-state index contributed by atoms with van der Waals surface area (Å²) in [5.41, 5.74) is 2.57. The Balaban J connectivity index is 2.22. The van der Waals surface area contributed by atoms with Crippen LogP contribution in [0.5, 0.6) is 5.75 Å². The van der Waals surface area contributed by atoms with Gasteiger partial charge in [-0.1, -0.05) is 12.1 Å². The molecule has 0 unspecified atom stereocenters. The van der Waals surface area contributed by atoms with E-state index in [1.165, 1.54) is 4.90 Å². The van der Waals surface area contributed by atoms with E-state index in [4.69, 9.17) is 4.74 Å². The SMILES string of the molecule is COc1cccc([C@H]2C(=C(O)c3c(C)nn(C)c3C)C(=O)C(=O)N2CCN(C)C)c1. The fourth-order valence-corrected chi connectivity index (χ4v) is 3.83. The molecule has 8 heteroatoms. The molecular weight excluding hydrogens is 384 g/mol. The van der Waals surface area contributed by atoms with Crippen LogP contribution in [0.15, 0.2) is 29.8 Å². The number of likely N-dealkylation sites (tertiary alicyclic amines) is 1. The Labute approximate surface area is 176 Å². The number of hydrogen-bond donors (Lipinski definition) is 1. The third kappa shape index (κ3) is 3.70. The quantitative estimate of drug-likeness (QED) is 0.444. The Morgan fingerprint density at radius 3 is 2.53 bits per heavy atom. The van der Waals surface area contributed by atoms with Crippen LogP contribution in [0.1, 0.15) is 28.6 Å². The lowest BCUT2D eigenvalue weighted by atomic mass is 9.94. The minimum absolute atomic E-state index is 0.0752. The predicted octanol–water partition coefficient (Wildman–Crippen LogP) is 2.03. The first-order valence-electron chi connectivity index (χ1n) is 9.75. The lowest BCUT2D eigenvalue weighted by Crippen LogP contribution is -2.35. The molecule has 0 saturated carbocycles. The number of likely N-dealkylation sites (N-methyl/N-ethyl adjacent to an activating group) is 1. The van der Waals surface area contributed by atoms with Crippen LogP contribution in [-0.4, -0.2) is 70.7 Å². The molecule has 0 spiro atoms. The number of methoxy groups -OCH3 is 1. The number of ether oxygens (including phenoxy) is 1. The molecule has 1 aliphatic rings. The molecule has 1 N–H and O–H groups in total. The zero-order valence-electron chi connectivity index (χ0n) is 18.3. The predicted molar refractivity (Wildman–Crippen MR) is 113 cm³/mol. The van der Waals surface area contributed by atoms with Crippen molar-refractivity contribution in [1.82, 2.24) is 19.6 Å². The first-order valence-corrected chi connectivity index (χ1v) is 9.75. The number of nitrogens with zero attached hydrogens (tertiary/aromatic N) is 4. The highest BCUT2D eigenvalue weighted by atomic mass is 16.5. The van der Waals surface area contributed by atoms with E-state index in [1.807, 2.05) is 32.0 Å². The van der Waals surface area contributed by atoms with Gasteiger partial charge in [-0.25, -0.2) is 0 Å². The second-order valence-corrected chi connectivity index (χ2v) is 7.74. The largest absolute Gasteiger partial charge is 0.507 e. The van der Waals surface area contributed by atoms with Crippen LogP contribution in [0, 0.1) is 13.8 Å². The van der Waals surface area contributed by atoms with Crippen molar-refractivity contribution in [1.29, 1.82) is 0 Å². The topological polar surface area (TPSA) is 87.9 Å². The van der Waals surface area contributed by atoms with Gasteiger partial charge >= 0.3 is 0 Å². The highest BCUT2D eigenvalue weighted by molar-refractivity contribution is 6.46. The van der Waals surface area contributed by atoms with Crippen molar-refractivity contribution in [3.63, 3.8) is 0 Å². The average Bonchev–Trinajstić information content (AvgIpc) is 3.11. The number of benzene rings is 1. The van der Waals surface area contributed by atoms with E-state index >= 15 is 0 Å². The van der Waals surface area contributed by atoms with Gasteiger partial charge in [0.2, 0.25) is 0 Å². The van der Waals surface area contributed by atoms with Gasteiger partial charge in [0.1, 0.15) is 11.5 Å². The number of aliphatic hydroxyl groups excluding tert-OH is 1. The average molecular weight is 412 g/mol. The van der Waals surface area contributed by atoms with Crippen molar-refractivity contribution in [3.8, 4) is 5.75 Å². The molecule has 8 nitrogen and oxygen atoms in total. The summed E-state index contributed by atoms with van der Waals surface area (Å²) in [5, 5.41) is 15.6. The van der Waals surface area contributed by atoms with Crippen molar-refractivity contribution >= 4 is 17.4 Å².